The molecule has 0 atom stereocenters. The molecule has 0 saturated carbocycles. The third-order valence-corrected chi connectivity index (χ3v) is 2.36. The van der Waals surface area contributed by atoms with E-state index in [9.17, 15) is 4.79 Å². The number of rotatable bonds is 4. The Hall–Kier alpha value is -1.35. The van der Waals surface area contributed by atoms with Gasteiger partial charge in [0.05, 0.1) is 6.54 Å². The normalized spacial score (nSPS) is 10.1. The maximum atomic E-state index is 11.5. The molecule has 0 aliphatic heterocycles. The van der Waals surface area contributed by atoms with E-state index in [4.69, 9.17) is 0 Å². The van der Waals surface area contributed by atoms with Crippen LogP contribution in [0, 0.1) is 13.8 Å². The number of aryl methyl sites for hydroxylation is 2. The molecule has 0 aromatic heterocycles. The Bertz CT molecular complexity index is 327. The van der Waals surface area contributed by atoms with Crippen molar-refractivity contribution < 1.29 is 10.1 Å². The van der Waals surface area contributed by atoms with Gasteiger partial charge < -0.3 is 10.6 Å². The molecule has 0 heterocycles. The average molecular weight is 207 g/mol. The number of likely N-dealkylation sites (N-methyl/N-ethyl adjacent to an activating group) is 1. The van der Waals surface area contributed by atoms with Crippen LogP contribution in [0.4, 0.5) is 5.69 Å². The first-order valence-electron chi connectivity index (χ1n) is 5.33. The molecular weight excluding hydrogens is 188 g/mol. The van der Waals surface area contributed by atoms with Gasteiger partial charge in [0, 0.05) is 5.69 Å². The summed E-state index contributed by atoms with van der Waals surface area (Å²) >= 11 is 0. The first-order chi connectivity index (χ1) is 7.15. The highest BCUT2D eigenvalue weighted by Gasteiger charge is 2.07. The fraction of sp³-hybridized carbons (Fsp3) is 0.417. The summed E-state index contributed by atoms with van der Waals surface area (Å²) in [6.45, 7) is 7.47. The average Bonchev–Trinajstić information content (AvgIpc) is 2.21. The molecule has 3 N–H and O–H groups in total. The van der Waals surface area contributed by atoms with Gasteiger partial charge in [-0.2, -0.15) is 0 Å². The number of carbonyl (C=O) groups excluding carboxylic acids is 1. The Kier molecular flexibility index (Phi) is 4.31. The lowest BCUT2D eigenvalue weighted by atomic mass is 10.1. The van der Waals surface area contributed by atoms with Crippen LogP contribution in [0.5, 0.6) is 0 Å². The minimum atomic E-state index is 0.0641. The first-order valence-corrected chi connectivity index (χ1v) is 5.33. The standard InChI is InChI=1S/C12H18N2O/c1-4-13-8-11(15)14-12-9(2)6-5-7-10(12)3/h5-7,13H,4,8H2,1-3H3,(H,14,15)/p+1. The maximum Gasteiger partial charge on any atom is 0.279 e. The molecule has 3 nitrogen and oxygen atoms in total. The van der Waals surface area contributed by atoms with E-state index in [1.54, 1.807) is 0 Å². The van der Waals surface area contributed by atoms with Gasteiger partial charge in [-0.25, -0.2) is 0 Å². The summed E-state index contributed by atoms with van der Waals surface area (Å²) in [7, 11) is 0. The molecule has 0 radical (unpaired) electrons. The van der Waals surface area contributed by atoms with Crippen molar-refractivity contribution in [1.82, 2.24) is 0 Å². The molecule has 3 heteroatoms. The second-order valence-corrected chi connectivity index (χ2v) is 3.72. The molecular formula is C12H19N2O+. The van der Waals surface area contributed by atoms with E-state index in [2.05, 4.69) is 5.32 Å². The number of quaternary nitrogens is 1. The lowest BCUT2D eigenvalue weighted by Crippen LogP contribution is -2.85. The van der Waals surface area contributed by atoms with Crippen molar-refractivity contribution in [2.24, 2.45) is 0 Å². The van der Waals surface area contributed by atoms with Crippen molar-refractivity contribution in [3.05, 3.63) is 29.3 Å². The zero-order valence-corrected chi connectivity index (χ0v) is 9.63. The van der Waals surface area contributed by atoms with Crippen LogP contribution >= 0.6 is 0 Å². The van der Waals surface area contributed by atoms with Gasteiger partial charge in [-0.15, -0.1) is 0 Å². The quantitative estimate of drug-likeness (QED) is 0.754. The highest BCUT2D eigenvalue weighted by molar-refractivity contribution is 5.92. The fourth-order valence-corrected chi connectivity index (χ4v) is 1.48. The molecule has 1 aromatic rings. The van der Waals surface area contributed by atoms with Crippen LogP contribution in [0.2, 0.25) is 0 Å². The molecule has 0 fully saturated rings. The number of nitrogens with one attached hydrogen (secondary N) is 1. The van der Waals surface area contributed by atoms with E-state index < -0.39 is 0 Å². The molecule has 1 amide bonds. The maximum absolute atomic E-state index is 11.5. The Morgan fingerprint density at radius 1 is 1.33 bits per heavy atom. The summed E-state index contributed by atoms with van der Waals surface area (Å²) in [5.74, 6) is 0.0641. The zero-order chi connectivity index (χ0) is 11.3. The smallest absolute Gasteiger partial charge is 0.279 e. The lowest BCUT2D eigenvalue weighted by molar-refractivity contribution is -0.640. The van der Waals surface area contributed by atoms with Crippen LogP contribution in [-0.2, 0) is 4.79 Å². The molecule has 0 spiro atoms. The summed E-state index contributed by atoms with van der Waals surface area (Å²) in [6.07, 6.45) is 0. The van der Waals surface area contributed by atoms with Crippen molar-refractivity contribution in [2.75, 3.05) is 18.4 Å². The van der Waals surface area contributed by atoms with Crippen molar-refractivity contribution >= 4 is 11.6 Å². The van der Waals surface area contributed by atoms with Gasteiger partial charge in [0.15, 0.2) is 6.54 Å². The van der Waals surface area contributed by atoms with Crippen molar-refractivity contribution in [2.45, 2.75) is 20.8 Å². The van der Waals surface area contributed by atoms with Crippen LogP contribution in [0.3, 0.4) is 0 Å². The van der Waals surface area contributed by atoms with E-state index in [-0.39, 0.29) is 5.91 Å². The van der Waals surface area contributed by atoms with E-state index in [1.807, 2.05) is 44.3 Å². The van der Waals surface area contributed by atoms with Gasteiger partial charge in [0.25, 0.3) is 5.91 Å². The van der Waals surface area contributed by atoms with E-state index >= 15 is 0 Å². The number of hydrogen-bond acceptors (Lipinski definition) is 1. The lowest BCUT2D eigenvalue weighted by Gasteiger charge is -2.10. The van der Waals surface area contributed by atoms with Gasteiger partial charge in [-0.3, -0.25) is 4.79 Å². The van der Waals surface area contributed by atoms with E-state index in [0.717, 1.165) is 23.4 Å². The van der Waals surface area contributed by atoms with Gasteiger partial charge in [0.2, 0.25) is 0 Å². The van der Waals surface area contributed by atoms with Crippen LogP contribution in [0.25, 0.3) is 0 Å². The Balaban J connectivity index is 2.68. The van der Waals surface area contributed by atoms with Crippen LogP contribution in [0.15, 0.2) is 18.2 Å². The highest BCUT2D eigenvalue weighted by atomic mass is 16.1. The monoisotopic (exact) mass is 207 g/mol. The van der Waals surface area contributed by atoms with Crippen molar-refractivity contribution in [3.8, 4) is 0 Å². The third-order valence-electron chi connectivity index (χ3n) is 2.36. The molecule has 82 valence electrons. The number of hydrogen-bond donors (Lipinski definition) is 2. The van der Waals surface area contributed by atoms with Crippen LogP contribution in [-0.4, -0.2) is 19.0 Å². The van der Waals surface area contributed by atoms with Gasteiger partial charge in [0.1, 0.15) is 0 Å². The number of carbonyl (C=O) groups is 1. The Morgan fingerprint density at radius 3 is 2.47 bits per heavy atom. The third kappa shape index (κ3) is 3.36. The predicted octanol–water partition coefficient (Wildman–Crippen LogP) is 0.825. The predicted molar refractivity (Wildman–Crippen MR) is 61.9 cm³/mol. The largest absolute Gasteiger partial charge is 0.339 e. The molecule has 0 bridgehead atoms. The zero-order valence-electron chi connectivity index (χ0n) is 9.63. The molecule has 1 rings (SSSR count). The molecule has 15 heavy (non-hydrogen) atoms. The van der Waals surface area contributed by atoms with Gasteiger partial charge in [-0.1, -0.05) is 18.2 Å². The summed E-state index contributed by atoms with van der Waals surface area (Å²) in [4.78, 5) is 11.5. The van der Waals surface area contributed by atoms with E-state index in [1.165, 1.54) is 0 Å². The van der Waals surface area contributed by atoms with Crippen LogP contribution in [0.1, 0.15) is 18.1 Å². The summed E-state index contributed by atoms with van der Waals surface area (Å²) in [6, 6.07) is 6.01. The van der Waals surface area contributed by atoms with Crippen molar-refractivity contribution in [3.63, 3.8) is 0 Å². The number of anilines is 1. The minimum Gasteiger partial charge on any atom is -0.339 e. The van der Waals surface area contributed by atoms with Crippen molar-refractivity contribution in [1.29, 1.82) is 0 Å². The second-order valence-electron chi connectivity index (χ2n) is 3.72. The fourth-order valence-electron chi connectivity index (χ4n) is 1.48. The SMILES string of the molecule is CC[NH2+]CC(=O)Nc1c(C)cccc1C. The number of benzene rings is 1. The summed E-state index contributed by atoms with van der Waals surface area (Å²) in [5.41, 5.74) is 3.17. The number of amides is 1. The van der Waals surface area contributed by atoms with Gasteiger partial charge in [-0.05, 0) is 31.9 Å². The second kappa shape index (κ2) is 5.51. The molecule has 0 unspecified atom stereocenters. The summed E-state index contributed by atoms with van der Waals surface area (Å²) < 4.78 is 0. The Labute approximate surface area is 90.9 Å². The number of para-hydroxylation sites is 1. The minimum absolute atomic E-state index is 0.0641. The van der Waals surface area contributed by atoms with Crippen LogP contribution < -0.4 is 10.6 Å². The van der Waals surface area contributed by atoms with E-state index in [0.29, 0.717) is 6.54 Å². The Morgan fingerprint density at radius 2 is 1.93 bits per heavy atom. The number of nitrogens with two attached hydrogens (primary N) is 1. The first kappa shape index (κ1) is 11.7. The highest BCUT2D eigenvalue weighted by Crippen LogP contribution is 2.18. The molecule has 0 aliphatic carbocycles. The topological polar surface area (TPSA) is 45.7 Å². The molecule has 0 aliphatic rings. The molecule has 0 saturated heterocycles. The van der Waals surface area contributed by atoms with Gasteiger partial charge >= 0.3 is 0 Å². The summed E-state index contributed by atoms with van der Waals surface area (Å²) in [5, 5.41) is 4.92. The molecule has 1 aromatic carbocycles.